The zero-order valence-corrected chi connectivity index (χ0v) is 17.0. The monoisotopic (exact) mass is 381 g/mol. The number of nitrogens with zero attached hydrogens (tertiary/aromatic N) is 4. The fourth-order valence-corrected chi connectivity index (χ4v) is 4.40. The summed E-state index contributed by atoms with van der Waals surface area (Å²) in [7, 11) is 0. The van der Waals surface area contributed by atoms with Crippen LogP contribution in [0.25, 0.3) is 22.2 Å². The van der Waals surface area contributed by atoms with Crippen LogP contribution in [-0.2, 0) is 17.8 Å². The smallest absolute Gasteiger partial charge is 0.229 e. The first-order valence-corrected chi connectivity index (χ1v) is 10.1. The predicted molar refractivity (Wildman–Crippen MR) is 109 cm³/mol. The van der Waals surface area contributed by atoms with E-state index >= 15 is 0 Å². The summed E-state index contributed by atoms with van der Waals surface area (Å²) < 4.78 is 12.4. The van der Waals surface area contributed by atoms with Crippen molar-refractivity contribution in [3.05, 3.63) is 23.1 Å². The van der Waals surface area contributed by atoms with Gasteiger partial charge in [0.05, 0.1) is 23.3 Å². The van der Waals surface area contributed by atoms with E-state index in [1.807, 2.05) is 0 Å². The first-order valence-electron chi connectivity index (χ1n) is 10.1. The molecule has 7 heteroatoms. The lowest BCUT2D eigenvalue weighted by Gasteiger charge is -2.33. The highest BCUT2D eigenvalue weighted by Gasteiger charge is 2.33. The van der Waals surface area contributed by atoms with Gasteiger partial charge in [0.25, 0.3) is 0 Å². The van der Waals surface area contributed by atoms with Gasteiger partial charge in [0.2, 0.25) is 5.71 Å². The Bertz CT molecular complexity index is 1050. The van der Waals surface area contributed by atoms with Gasteiger partial charge in [0, 0.05) is 38.2 Å². The third-order valence-corrected chi connectivity index (χ3v) is 5.80. The van der Waals surface area contributed by atoms with Crippen molar-refractivity contribution < 1.29 is 9.15 Å². The molecule has 0 spiro atoms. The number of ether oxygens (including phenoxy) is 1. The maximum Gasteiger partial charge on any atom is 0.229 e. The molecule has 0 bridgehead atoms. The molecule has 0 unspecified atom stereocenters. The molecule has 0 aromatic carbocycles. The van der Waals surface area contributed by atoms with Crippen molar-refractivity contribution in [2.45, 2.75) is 52.2 Å². The molecule has 0 saturated carbocycles. The number of piperazine rings is 1. The molecule has 28 heavy (non-hydrogen) atoms. The Kier molecular flexibility index (Phi) is 4.07. The second-order valence-electron chi connectivity index (χ2n) is 8.73. The Hall–Kier alpha value is -2.25. The molecule has 2 aliphatic heterocycles. The number of rotatable bonds is 2. The largest absolute Gasteiger partial charge is 0.432 e. The van der Waals surface area contributed by atoms with Gasteiger partial charge in [-0.2, -0.15) is 0 Å². The predicted octanol–water partition coefficient (Wildman–Crippen LogP) is 3.16. The number of anilines is 1. The lowest BCUT2D eigenvalue weighted by Crippen LogP contribution is -2.43. The van der Waals surface area contributed by atoms with Gasteiger partial charge >= 0.3 is 0 Å². The standard InChI is InChI=1S/C21H27N5O2/c1-12(2)16-14-10-27-21(3,4)9-13(14)15-17-18(28-20(15)25-16)19(24-11-23-17)26-7-5-22-6-8-26/h11-12,22H,5-10H2,1-4H3. The number of fused-ring (bicyclic) bond motifs is 5. The second-order valence-corrected chi connectivity index (χ2v) is 8.73. The maximum absolute atomic E-state index is 6.32. The fraction of sp³-hybridized carbons (Fsp3) is 0.571. The third kappa shape index (κ3) is 2.76. The number of nitrogens with one attached hydrogen (secondary N) is 1. The zero-order chi connectivity index (χ0) is 19.5. The van der Waals surface area contributed by atoms with Gasteiger partial charge in [0.15, 0.2) is 11.4 Å². The lowest BCUT2D eigenvalue weighted by molar-refractivity contribution is -0.0402. The van der Waals surface area contributed by atoms with Crippen LogP contribution < -0.4 is 10.2 Å². The average molecular weight is 381 g/mol. The molecule has 2 aliphatic rings. The fourth-order valence-electron chi connectivity index (χ4n) is 4.40. The molecule has 3 aromatic heterocycles. The van der Waals surface area contributed by atoms with Crippen molar-refractivity contribution >= 4 is 28.0 Å². The Labute approximate surface area is 164 Å². The van der Waals surface area contributed by atoms with Gasteiger partial charge in [-0.3, -0.25) is 0 Å². The van der Waals surface area contributed by atoms with E-state index in [4.69, 9.17) is 14.1 Å². The highest BCUT2D eigenvalue weighted by Crippen LogP contribution is 2.41. The molecule has 0 atom stereocenters. The number of pyridine rings is 1. The number of hydrogen-bond donors (Lipinski definition) is 1. The van der Waals surface area contributed by atoms with Crippen LogP contribution in [0, 0.1) is 0 Å². The number of hydrogen-bond acceptors (Lipinski definition) is 7. The molecule has 0 radical (unpaired) electrons. The molecular formula is C21H27N5O2. The van der Waals surface area contributed by atoms with Crippen LogP contribution in [0.2, 0.25) is 0 Å². The summed E-state index contributed by atoms with van der Waals surface area (Å²) in [6.45, 7) is 12.9. The van der Waals surface area contributed by atoms with Crippen molar-refractivity contribution in [3.63, 3.8) is 0 Å². The summed E-state index contributed by atoms with van der Waals surface area (Å²) in [6, 6.07) is 0. The van der Waals surface area contributed by atoms with Crippen LogP contribution >= 0.6 is 0 Å². The first-order chi connectivity index (χ1) is 13.4. The highest BCUT2D eigenvalue weighted by atomic mass is 16.5. The summed E-state index contributed by atoms with van der Waals surface area (Å²) in [5, 5.41) is 4.42. The number of aromatic nitrogens is 3. The lowest BCUT2D eigenvalue weighted by atomic mass is 9.87. The van der Waals surface area contributed by atoms with E-state index in [2.05, 4.69) is 47.9 Å². The summed E-state index contributed by atoms with van der Waals surface area (Å²) in [6.07, 6.45) is 2.48. The van der Waals surface area contributed by atoms with Crippen LogP contribution in [0.1, 0.15) is 50.4 Å². The third-order valence-electron chi connectivity index (χ3n) is 5.80. The SMILES string of the molecule is CC(C)c1nc2oc3c(N4CCNCC4)ncnc3c2c2c1COC(C)(C)C2. The molecular weight excluding hydrogens is 354 g/mol. The second kappa shape index (κ2) is 6.39. The quantitative estimate of drug-likeness (QED) is 0.731. The summed E-state index contributed by atoms with van der Waals surface area (Å²) in [4.78, 5) is 16.4. The molecule has 0 aliphatic carbocycles. The molecule has 7 nitrogen and oxygen atoms in total. The molecule has 0 amide bonds. The van der Waals surface area contributed by atoms with Crippen molar-refractivity contribution in [2.24, 2.45) is 0 Å². The van der Waals surface area contributed by atoms with Crippen LogP contribution in [0.5, 0.6) is 0 Å². The maximum atomic E-state index is 6.32. The van der Waals surface area contributed by atoms with E-state index in [0.717, 1.165) is 60.6 Å². The minimum Gasteiger partial charge on any atom is -0.432 e. The van der Waals surface area contributed by atoms with E-state index in [1.54, 1.807) is 6.33 Å². The minimum atomic E-state index is -0.215. The van der Waals surface area contributed by atoms with E-state index in [-0.39, 0.29) is 5.60 Å². The van der Waals surface area contributed by atoms with Gasteiger partial charge in [-0.15, -0.1) is 0 Å². The van der Waals surface area contributed by atoms with Crippen molar-refractivity contribution in [1.82, 2.24) is 20.3 Å². The Balaban J connectivity index is 1.79. The summed E-state index contributed by atoms with van der Waals surface area (Å²) >= 11 is 0. The molecule has 1 fully saturated rings. The van der Waals surface area contributed by atoms with Crippen LogP contribution in [0.4, 0.5) is 5.82 Å². The molecule has 3 aromatic rings. The molecule has 5 rings (SSSR count). The van der Waals surface area contributed by atoms with Crippen LogP contribution in [0.3, 0.4) is 0 Å². The van der Waals surface area contributed by atoms with Crippen LogP contribution in [0.15, 0.2) is 10.7 Å². The van der Waals surface area contributed by atoms with E-state index in [0.29, 0.717) is 18.2 Å². The Morgan fingerprint density at radius 3 is 2.68 bits per heavy atom. The normalized spacial score (nSPS) is 19.5. The van der Waals surface area contributed by atoms with Crippen molar-refractivity contribution in [2.75, 3.05) is 31.1 Å². The van der Waals surface area contributed by atoms with Crippen molar-refractivity contribution in [1.29, 1.82) is 0 Å². The summed E-state index contributed by atoms with van der Waals surface area (Å²) in [5.41, 5.74) is 5.61. The molecule has 148 valence electrons. The topological polar surface area (TPSA) is 76.3 Å². The summed E-state index contributed by atoms with van der Waals surface area (Å²) in [5.74, 6) is 1.17. The van der Waals surface area contributed by atoms with Gasteiger partial charge in [0.1, 0.15) is 11.8 Å². The minimum absolute atomic E-state index is 0.215. The van der Waals surface area contributed by atoms with Gasteiger partial charge in [-0.05, 0) is 25.3 Å². The van der Waals surface area contributed by atoms with Gasteiger partial charge < -0.3 is 19.4 Å². The number of furan rings is 1. The first kappa shape index (κ1) is 17.8. The van der Waals surface area contributed by atoms with E-state index in [1.165, 1.54) is 11.1 Å². The highest BCUT2D eigenvalue weighted by molar-refractivity contribution is 6.06. The van der Waals surface area contributed by atoms with Gasteiger partial charge in [-0.1, -0.05) is 13.8 Å². The van der Waals surface area contributed by atoms with E-state index < -0.39 is 0 Å². The Morgan fingerprint density at radius 1 is 1.14 bits per heavy atom. The van der Waals surface area contributed by atoms with Gasteiger partial charge in [-0.25, -0.2) is 15.0 Å². The van der Waals surface area contributed by atoms with Crippen molar-refractivity contribution in [3.8, 4) is 0 Å². The molecule has 1 saturated heterocycles. The molecule has 1 N–H and O–H groups in total. The average Bonchev–Trinajstić information content (AvgIpc) is 3.06. The van der Waals surface area contributed by atoms with Crippen LogP contribution in [-0.4, -0.2) is 46.7 Å². The zero-order valence-electron chi connectivity index (χ0n) is 17.0. The van der Waals surface area contributed by atoms with E-state index in [9.17, 15) is 0 Å². The molecule has 5 heterocycles. The Morgan fingerprint density at radius 2 is 1.93 bits per heavy atom.